The third kappa shape index (κ3) is 3.27. The van der Waals surface area contributed by atoms with E-state index in [1.54, 1.807) is 6.92 Å². The van der Waals surface area contributed by atoms with E-state index in [1.807, 2.05) is 0 Å². The second-order valence-electron chi connectivity index (χ2n) is 3.79. The number of aromatic nitrogens is 1. The summed E-state index contributed by atoms with van der Waals surface area (Å²) in [5.41, 5.74) is 0.361. The molecule has 4 nitrogen and oxygen atoms in total. The zero-order valence-corrected chi connectivity index (χ0v) is 10.9. The second kappa shape index (κ2) is 5.12. The number of rotatable bonds is 3. The van der Waals surface area contributed by atoms with Crippen LogP contribution >= 0.6 is 11.3 Å². The maximum Gasteiger partial charge on any atom is 0.573 e. The fraction of sp³-hybridized carbons (Fsp3) is 0.167. The molecule has 0 aliphatic rings. The summed E-state index contributed by atoms with van der Waals surface area (Å²) in [5.74, 6) is -1.54. The molecule has 20 heavy (non-hydrogen) atoms. The number of aryl methyl sites for hydroxylation is 1. The van der Waals surface area contributed by atoms with Gasteiger partial charge in [0.2, 0.25) is 0 Å². The Morgan fingerprint density at radius 3 is 2.40 bits per heavy atom. The van der Waals surface area contributed by atoms with Crippen LogP contribution in [-0.4, -0.2) is 22.4 Å². The maximum absolute atomic E-state index is 12.0. The topological polar surface area (TPSA) is 59.4 Å². The summed E-state index contributed by atoms with van der Waals surface area (Å²) in [6.07, 6.45) is -4.76. The molecule has 1 aromatic carbocycles. The molecule has 1 aromatic heterocycles. The highest BCUT2D eigenvalue weighted by Crippen LogP contribution is 2.32. The van der Waals surface area contributed by atoms with Gasteiger partial charge in [-0.25, -0.2) is 9.78 Å². The fourth-order valence-corrected chi connectivity index (χ4v) is 2.49. The second-order valence-corrected chi connectivity index (χ2v) is 4.99. The third-order valence-electron chi connectivity index (χ3n) is 2.29. The van der Waals surface area contributed by atoms with E-state index in [-0.39, 0.29) is 11.4 Å². The number of carbonyl (C=O) groups is 1. The van der Waals surface area contributed by atoms with Crippen LogP contribution in [0.25, 0.3) is 10.4 Å². The number of nitrogens with zero attached hydrogens (tertiary/aromatic N) is 1. The van der Waals surface area contributed by atoms with Crippen LogP contribution in [0.1, 0.15) is 15.5 Å². The molecule has 2 rings (SSSR count). The first kappa shape index (κ1) is 14.3. The van der Waals surface area contributed by atoms with Crippen molar-refractivity contribution >= 4 is 17.3 Å². The highest BCUT2D eigenvalue weighted by atomic mass is 32.1. The minimum atomic E-state index is -4.76. The highest BCUT2D eigenvalue weighted by Gasteiger charge is 2.31. The Labute approximate surface area is 115 Å². The normalized spacial score (nSPS) is 11.4. The van der Waals surface area contributed by atoms with Crippen molar-refractivity contribution in [2.75, 3.05) is 0 Å². The van der Waals surface area contributed by atoms with E-state index in [0.29, 0.717) is 15.4 Å². The van der Waals surface area contributed by atoms with Crippen LogP contribution < -0.4 is 4.74 Å². The quantitative estimate of drug-likeness (QED) is 0.939. The number of benzene rings is 1. The van der Waals surface area contributed by atoms with Gasteiger partial charge in [-0.3, -0.25) is 0 Å². The number of aromatic carboxylic acids is 1. The van der Waals surface area contributed by atoms with Gasteiger partial charge in [-0.2, -0.15) is 0 Å². The monoisotopic (exact) mass is 303 g/mol. The van der Waals surface area contributed by atoms with Crippen LogP contribution in [0.15, 0.2) is 24.3 Å². The van der Waals surface area contributed by atoms with Crippen LogP contribution in [0, 0.1) is 6.92 Å². The number of hydrogen-bond acceptors (Lipinski definition) is 4. The molecule has 2 aromatic rings. The van der Waals surface area contributed by atoms with Crippen molar-refractivity contribution in [3.8, 4) is 16.2 Å². The first-order valence-electron chi connectivity index (χ1n) is 5.33. The van der Waals surface area contributed by atoms with Crippen molar-refractivity contribution in [3.63, 3.8) is 0 Å². The molecule has 0 amide bonds. The summed E-state index contributed by atoms with van der Waals surface area (Å²) in [6.45, 7) is 1.65. The zero-order chi connectivity index (χ0) is 14.9. The molecule has 0 saturated heterocycles. The summed E-state index contributed by atoms with van der Waals surface area (Å²) < 4.78 is 39.8. The van der Waals surface area contributed by atoms with Crippen molar-refractivity contribution in [2.45, 2.75) is 13.3 Å². The van der Waals surface area contributed by atoms with Gasteiger partial charge >= 0.3 is 12.3 Å². The molecule has 0 aliphatic heterocycles. The van der Waals surface area contributed by atoms with Gasteiger partial charge < -0.3 is 9.84 Å². The zero-order valence-electron chi connectivity index (χ0n) is 10.1. The van der Waals surface area contributed by atoms with Crippen molar-refractivity contribution in [3.05, 3.63) is 35.0 Å². The van der Waals surface area contributed by atoms with E-state index in [4.69, 9.17) is 5.11 Å². The summed E-state index contributed by atoms with van der Waals surface area (Å²) in [7, 11) is 0. The van der Waals surface area contributed by atoms with E-state index >= 15 is 0 Å². The molecule has 0 bridgehead atoms. The average Bonchev–Trinajstić information content (AvgIpc) is 2.70. The van der Waals surface area contributed by atoms with E-state index in [2.05, 4.69) is 9.72 Å². The molecule has 106 valence electrons. The van der Waals surface area contributed by atoms with Gasteiger partial charge in [-0.05, 0) is 36.8 Å². The predicted molar refractivity (Wildman–Crippen MR) is 65.9 cm³/mol. The van der Waals surface area contributed by atoms with Crippen molar-refractivity contribution in [2.24, 2.45) is 0 Å². The summed E-state index contributed by atoms with van der Waals surface area (Å²) in [6, 6.07) is 4.98. The predicted octanol–water partition coefficient (Wildman–Crippen LogP) is 3.72. The van der Waals surface area contributed by atoms with E-state index in [9.17, 15) is 18.0 Å². The van der Waals surface area contributed by atoms with Crippen LogP contribution in [0.2, 0.25) is 0 Å². The summed E-state index contributed by atoms with van der Waals surface area (Å²) >= 11 is 1.16. The minimum absolute atomic E-state index is 0.114. The van der Waals surface area contributed by atoms with Crippen molar-refractivity contribution in [1.82, 2.24) is 4.98 Å². The first-order chi connectivity index (χ1) is 9.26. The average molecular weight is 303 g/mol. The molecule has 0 aliphatic carbocycles. The molecule has 0 atom stereocenters. The largest absolute Gasteiger partial charge is 0.573 e. The Bertz CT molecular complexity index is 634. The standard InChI is InChI=1S/C12H8F3NO3S/c1-6-16-9(11(17)18)10(20-6)7-2-4-8(5-3-7)19-12(13,14)15/h2-5H,1H3,(H,17,18). The van der Waals surface area contributed by atoms with E-state index in [1.165, 1.54) is 12.1 Å². The van der Waals surface area contributed by atoms with E-state index < -0.39 is 12.3 Å². The number of ether oxygens (including phenoxy) is 1. The SMILES string of the molecule is Cc1nc(C(=O)O)c(-c2ccc(OC(F)(F)F)cc2)s1. The Balaban J connectivity index is 2.33. The Hall–Kier alpha value is -2.09. The van der Waals surface area contributed by atoms with Crippen LogP contribution in [0.3, 0.4) is 0 Å². The van der Waals surface area contributed by atoms with Gasteiger partial charge in [0.05, 0.1) is 9.88 Å². The maximum atomic E-state index is 12.0. The molecular weight excluding hydrogens is 295 g/mol. The molecule has 0 radical (unpaired) electrons. The molecule has 8 heteroatoms. The van der Waals surface area contributed by atoms with Gasteiger partial charge in [-0.15, -0.1) is 24.5 Å². The molecule has 1 heterocycles. The molecule has 0 unspecified atom stereocenters. The number of halogens is 3. The first-order valence-corrected chi connectivity index (χ1v) is 6.15. The summed E-state index contributed by atoms with van der Waals surface area (Å²) in [4.78, 5) is 15.3. The molecule has 0 spiro atoms. The summed E-state index contributed by atoms with van der Waals surface area (Å²) in [5, 5.41) is 9.58. The van der Waals surface area contributed by atoms with Crippen LogP contribution in [0.4, 0.5) is 13.2 Å². The minimum Gasteiger partial charge on any atom is -0.476 e. The van der Waals surface area contributed by atoms with Crippen molar-refractivity contribution in [1.29, 1.82) is 0 Å². The Morgan fingerprint density at radius 1 is 1.30 bits per heavy atom. The van der Waals surface area contributed by atoms with Crippen molar-refractivity contribution < 1.29 is 27.8 Å². The number of alkyl halides is 3. The number of carboxylic acids is 1. The highest BCUT2D eigenvalue weighted by molar-refractivity contribution is 7.15. The lowest BCUT2D eigenvalue weighted by molar-refractivity contribution is -0.274. The molecule has 1 N–H and O–H groups in total. The molecule has 0 fully saturated rings. The number of carboxylic acid groups (broad SMARTS) is 1. The lowest BCUT2D eigenvalue weighted by Crippen LogP contribution is -2.16. The Morgan fingerprint density at radius 2 is 1.90 bits per heavy atom. The lowest BCUT2D eigenvalue weighted by atomic mass is 10.1. The Kier molecular flexibility index (Phi) is 3.67. The van der Waals surface area contributed by atoms with Gasteiger partial charge in [0.15, 0.2) is 5.69 Å². The number of thiazole rings is 1. The number of hydrogen-bond donors (Lipinski definition) is 1. The molecular formula is C12H8F3NO3S. The smallest absolute Gasteiger partial charge is 0.476 e. The third-order valence-corrected chi connectivity index (χ3v) is 3.31. The lowest BCUT2D eigenvalue weighted by Gasteiger charge is -2.08. The van der Waals surface area contributed by atoms with Gasteiger partial charge in [0, 0.05) is 0 Å². The molecule has 0 saturated carbocycles. The van der Waals surface area contributed by atoms with Crippen LogP contribution in [-0.2, 0) is 0 Å². The fourth-order valence-electron chi connectivity index (χ4n) is 1.58. The van der Waals surface area contributed by atoms with Gasteiger partial charge in [0.1, 0.15) is 5.75 Å². The van der Waals surface area contributed by atoms with Gasteiger partial charge in [0.25, 0.3) is 0 Å². The van der Waals surface area contributed by atoms with E-state index in [0.717, 1.165) is 23.5 Å². The van der Waals surface area contributed by atoms with Crippen LogP contribution in [0.5, 0.6) is 5.75 Å². The van der Waals surface area contributed by atoms with Gasteiger partial charge in [-0.1, -0.05) is 0 Å².